The molecule has 10 heteroatoms. The van der Waals surface area contributed by atoms with Gasteiger partial charge in [-0.25, -0.2) is 4.57 Å². The Labute approximate surface area is 313 Å². The van der Waals surface area contributed by atoms with Gasteiger partial charge in [-0.15, -0.1) is 0 Å². The van der Waals surface area contributed by atoms with Gasteiger partial charge in [0, 0.05) is 19.4 Å². The summed E-state index contributed by atoms with van der Waals surface area (Å²) in [6, 6.07) is 0. The van der Waals surface area contributed by atoms with Crippen molar-refractivity contribution in [1.82, 2.24) is 0 Å². The van der Waals surface area contributed by atoms with E-state index in [1.54, 1.807) is 6.92 Å². The first kappa shape index (κ1) is 51.6. The van der Waals surface area contributed by atoms with Crippen molar-refractivity contribution in [3.05, 3.63) is 24.3 Å². The van der Waals surface area contributed by atoms with Gasteiger partial charge in [0.05, 0.1) is 6.61 Å². The minimum Gasteiger partial charge on any atom is -0.462 e. The van der Waals surface area contributed by atoms with E-state index in [1.165, 1.54) is 89.9 Å². The molecule has 302 valence electrons. The van der Waals surface area contributed by atoms with Crippen LogP contribution in [0, 0.1) is 0 Å². The van der Waals surface area contributed by atoms with Crippen LogP contribution in [0.5, 0.6) is 0 Å². The normalized spacial score (nSPS) is 12.3. The van der Waals surface area contributed by atoms with Crippen LogP contribution >= 0.6 is 7.82 Å². The molecule has 0 saturated heterocycles. The summed E-state index contributed by atoms with van der Waals surface area (Å²) in [5, 5.41) is 7.57. The Morgan fingerprint density at radius 1 is 0.529 bits per heavy atom. The monoisotopic (exact) mass is 747 g/mol. The molecular weight excluding hydrogens is 667 g/mol. The molecule has 0 radical (unpaired) electrons. The first-order chi connectivity index (χ1) is 24.7. The molecule has 51 heavy (non-hydrogen) atoms. The van der Waals surface area contributed by atoms with E-state index in [1.807, 2.05) is 0 Å². The molecule has 0 amide bonds. The van der Waals surface area contributed by atoms with Crippen LogP contribution in [0.4, 0.5) is 0 Å². The predicted molar refractivity (Wildman–Crippen MR) is 210 cm³/mol. The minimum absolute atomic E-state index is 0.202. The van der Waals surface area contributed by atoms with Crippen molar-refractivity contribution in [1.29, 1.82) is 0 Å². The highest BCUT2D eigenvalue weighted by atomic mass is 31.2. The average Bonchev–Trinajstić information content (AvgIpc) is 3.09. The third-order valence-electron chi connectivity index (χ3n) is 8.44. The number of hydrogen-bond donors (Lipinski definition) is 3. The first-order valence-corrected chi connectivity index (χ1v) is 22.2. The molecule has 0 aliphatic carbocycles. The summed E-state index contributed by atoms with van der Waals surface area (Å²) >= 11 is 0. The molecule has 0 spiro atoms. The number of carbonyl (C=O) groups is 2. The number of carbonyl (C=O) groups excluding carboxylic acids is 2. The molecule has 0 aromatic heterocycles. The summed E-state index contributed by atoms with van der Waals surface area (Å²) in [7, 11) is -4.75. The van der Waals surface area contributed by atoms with Crippen LogP contribution in [-0.2, 0) is 28.2 Å². The van der Waals surface area contributed by atoms with Crippen LogP contribution < -0.4 is 0 Å². The van der Waals surface area contributed by atoms with E-state index in [9.17, 15) is 14.2 Å². The predicted octanol–water partition coefficient (Wildman–Crippen LogP) is 11.6. The summed E-state index contributed by atoms with van der Waals surface area (Å²) in [6.45, 7) is 5.59. The quantitative estimate of drug-likeness (QED) is 0.0247. The van der Waals surface area contributed by atoms with Gasteiger partial charge in [-0.2, -0.15) is 0 Å². The topological polar surface area (TPSA) is 140 Å². The Morgan fingerprint density at radius 2 is 0.863 bits per heavy atom. The maximum Gasteiger partial charge on any atom is 0.469 e. The number of allylic oxidation sites excluding steroid dienone is 4. The molecule has 0 aliphatic rings. The van der Waals surface area contributed by atoms with Gasteiger partial charge in [-0.3, -0.25) is 14.1 Å². The zero-order valence-corrected chi connectivity index (χ0v) is 33.9. The van der Waals surface area contributed by atoms with Crippen molar-refractivity contribution < 1.29 is 43.0 Å². The first-order valence-electron chi connectivity index (χ1n) is 20.7. The summed E-state index contributed by atoms with van der Waals surface area (Å²) in [5.74, 6) is -0.901. The lowest BCUT2D eigenvalue weighted by molar-refractivity contribution is -0.161. The molecule has 0 rings (SSSR count). The summed E-state index contributed by atoms with van der Waals surface area (Å²) in [4.78, 5) is 42.7. The second kappa shape index (κ2) is 41.2. The van der Waals surface area contributed by atoms with Gasteiger partial charge in [0.25, 0.3) is 0 Å². The third-order valence-corrected chi connectivity index (χ3v) is 8.93. The Bertz CT molecular complexity index is 856. The highest BCUT2D eigenvalue weighted by molar-refractivity contribution is 7.46. The SMILES string of the molecule is CCCCCCCC/C=C\CCCCCCCC(=O)OCC(COP(=O)(O)O)OC(=O)CCCCCCC/C=C\CCCCCCCC.CCO. The molecule has 0 aliphatic heterocycles. The number of unbranched alkanes of at least 4 members (excludes halogenated alkanes) is 22. The van der Waals surface area contributed by atoms with E-state index in [-0.39, 0.29) is 26.1 Å². The van der Waals surface area contributed by atoms with E-state index in [0.29, 0.717) is 12.8 Å². The smallest absolute Gasteiger partial charge is 0.462 e. The maximum atomic E-state index is 12.4. The van der Waals surface area contributed by atoms with E-state index >= 15 is 0 Å². The van der Waals surface area contributed by atoms with Gasteiger partial charge in [0.15, 0.2) is 6.10 Å². The lowest BCUT2D eigenvalue weighted by Crippen LogP contribution is -2.29. The van der Waals surface area contributed by atoms with Crippen molar-refractivity contribution in [2.24, 2.45) is 0 Å². The molecule has 0 fully saturated rings. The third kappa shape index (κ3) is 46.5. The number of aliphatic hydroxyl groups excluding tert-OH is 1. The van der Waals surface area contributed by atoms with E-state index in [2.05, 4.69) is 42.7 Å². The Balaban J connectivity index is 0. The van der Waals surface area contributed by atoms with Gasteiger partial charge in [-0.1, -0.05) is 141 Å². The number of esters is 2. The largest absolute Gasteiger partial charge is 0.469 e. The van der Waals surface area contributed by atoms with Crippen molar-refractivity contribution in [3.63, 3.8) is 0 Å². The van der Waals surface area contributed by atoms with Crippen LogP contribution in [0.1, 0.15) is 201 Å². The fraction of sp³-hybridized carbons (Fsp3) is 0.854. The van der Waals surface area contributed by atoms with Gasteiger partial charge in [-0.05, 0) is 71.1 Å². The van der Waals surface area contributed by atoms with Crippen LogP contribution in [0.15, 0.2) is 24.3 Å². The van der Waals surface area contributed by atoms with Crippen molar-refractivity contribution in [2.45, 2.75) is 207 Å². The lowest BCUT2D eigenvalue weighted by Gasteiger charge is -2.18. The van der Waals surface area contributed by atoms with E-state index in [0.717, 1.165) is 64.2 Å². The highest BCUT2D eigenvalue weighted by Gasteiger charge is 2.22. The number of phosphoric ester groups is 1. The van der Waals surface area contributed by atoms with Gasteiger partial charge < -0.3 is 24.4 Å². The molecule has 0 bridgehead atoms. The number of hydrogen-bond acceptors (Lipinski definition) is 7. The summed E-state index contributed by atoms with van der Waals surface area (Å²) in [6.07, 6.45) is 38.9. The second-order valence-corrected chi connectivity index (χ2v) is 14.8. The molecule has 0 aromatic carbocycles. The van der Waals surface area contributed by atoms with E-state index in [4.69, 9.17) is 24.4 Å². The molecule has 1 atom stereocenters. The Morgan fingerprint density at radius 3 is 1.24 bits per heavy atom. The second-order valence-electron chi connectivity index (χ2n) is 13.6. The Hall–Kier alpha value is -1.51. The minimum atomic E-state index is -4.75. The number of rotatable bonds is 36. The van der Waals surface area contributed by atoms with Crippen LogP contribution in [0.3, 0.4) is 0 Å². The molecule has 0 heterocycles. The molecular formula is C41H79O9P. The lowest BCUT2D eigenvalue weighted by atomic mass is 10.1. The summed E-state index contributed by atoms with van der Waals surface area (Å²) in [5.41, 5.74) is 0. The standard InChI is InChI=1S/C39H73O8P.C2H6O/c1-3-5-7-9-11-13-15-17-19-21-23-25-27-29-31-33-38(40)45-35-37(36-46-48(42,43)44)47-39(41)34-32-30-28-26-24-22-20-18-16-14-12-10-8-6-4-2;1-2-3/h17-20,37H,3-16,21-36H2,1-2H3,(H2,42,43,44);3H,2H2,1H3/b19-17-,20-18-;. The Kier molecular flexibility index (Phi) is 41.7. The van der Waals surface area contributed by atoms with E-state index < -0.39 is 32.5 Å². The maximum absolute atomic E-state index is 12.4. The fourth-order valence-corrected chi connectivity index (χ4v) is 5.84. The zero-order valence-electron chi connectivity index (χ0n) is 33.0. The highest BCUT2D eigenvalue weighted by Crippen LogP contribution is 2.36. The molecule has 1 unspecified atom stereocenters. The van der Waals surface area contributed by atoms with Crippen molar-refractivity contribution in [3.8, 4) is 0 Å². The zero-order chi connectivity index (χ0) is 38.1. The van der Waals surface area contributed by atoms with Crippen LogP contribution in [0.25, 0.3) is 0 Å². The fourth-order valence-electron chi connectivity index (χ4n) is 5.48. The van der Waals surface area contributed by atoms with Gasteiger partial charge >= 0.3 is 19.8 Å². The molecule has 0 aromatic rings. The van der Waals surface area contributed by atoms with Crippen LogP contribution in [0.2, 0.25) is 0 Å². The number of phosphoric acid groups is 1. The molecule has 3 N–H and O–H groups in total. The number of ether oxygens (including phenoxy) is 2. The van der Waals surface area contributed by atoms with Crippen molar-refractivity contribution >= 4 is 19.8 Å². The number of aliphatic hydroxyl groups is 1. The average molecular weight is 747 g/mol. The van der Waals surface area contributed by atoms with Crippen LogP contribution in [-0.4, -0.2) is 52.8 Å². The van der Waals surface area contributed by atoms with Crippen molar-refractivity contribution in [2.75, 3.05) is 19.8 Å². The molecule has 0 saturated carbocycles. The molecule has 9 nitrogen and oxygen atoms in total. The summed E-state index contributed by atoms with van der Waals surface area (Å²) < 4.78 is 26.3. The van der Waals surface area contributed by atoms with Gasteiger partial charge in [0.1, 0.15) is 6.61 Å². The van der Waals surface area contributed by atoms with Gasteiger partial charge in [0.2, 0.25) is 0 Å².